The Kier molecular flexibility index (Phi) is 3.25. The third-order valence-electron chi connectivity index (χ3n) is 2.73. The van der Waals surface area contributed by atoms with Crippen LogP contribution in [0.4, 0.5) is 5.82 Å². The molecule has 0 bridgehead atoms. The van der Waals surface area contributed by atoms with E-state index in [1.165, 1.54) is 0 Å². The van der Waals surface area contributed by atoms with Crippen LogP contribution in [0.2, 0.25) is 5.02 Å². The van der Waals surface area contributed by atoms with Crippen molar-refractivity contribution in [1.29, 1.82) is 0 Å². The summed E-state index contributed by atoms with van der Waals surface area (Å²) in [4.78, 5) is 0. The monoisotopic (exact) mass is 273 g/mol. The van der Waals surface area contributed by atoms with Crippen molar-refractivity contribution in [2.75, 3.05) is 5.32 Å². The molecular weight excluding hydrogens is 262 g/mol. The van der Waals surface area contributed by atoms with E-state index in [-0.39, 0.29) is 0 Å². The van der Waals surface area contributed by atoms with E-state index >= 15 is 0 Å². The van der Waals surface area contributed by atoms with Gasteiger partial charge in [-0.3, -0.25) is 5.10 Å². The molecule has 3 rings (SSSR count). The fourth-order valence-corrected chi connectivity index (χ4v) is 2.02. The molecule has 0 aliphatic rings. The van der Waals surface area contributed by atoms with Gasteiger partial charge in [0, 0.05) is 17.6 Å². The number of nitrogens with one attached hydrogen (secondary N) is 2. The topological polar surface area (TPSA) is 53.9 Å². The van der Waals surface area contributed by atoms with E-state index in [1.807, 2.05) is 42.5 Å². The molecule has 0 saturated carbocycles. The van der Waals surface area contributed by atoms with Gasteiger partial charge in [0.15, 0.2) is 5.76 Å². The van der Waals surface area contributed by atoms with Crippen molar-refractivity contribution in [3.8, 4) is 11.5 Å². The molecule has 0 unspecified atom stereocenters. The summed E-state index contributed by atoms with van der Waals surface area (Å²) in [7, 11) is 0. The molecule has 0 spiro atoms. The van der Waals surface area contributed by atoms with Crippen LogP contribution in [0.25, 0.3) is 11.5 Å². The molecule has 3 aromatic rings. The molecule has 4 nitrogen and oxygen atoms in total. The summed E-state index contributed by atoms with van der Waals surface area (Å²) >= 11 is 5.94. The fraction of sp³-hybridized carbons (Fsp3) is 0.0714. The molecule has 0 amide bonds. The number of nitrogens with zero attached hydrogens (tertiary/aromatic N) is 1. The van der Waals surface area contributed by atoms with Crippen molar-refractivity contribution in [2.45, 2.75) is 6.54 Å². The van der Waals surface area contributed by atoms with E-state index in [1.54, 1.807) is 6.26 Å². The van der Waals surface area contributed by atoms with Gasteiger partial charge in [-0.05, 0) is 29.8 Å². The minimum Gasteiger partial charge on any atom is -0.463 e. The second-order valence-corrected chi connectivity index (χ2v) is 4.56. The highest BCUT2D eigenvalue weighted by Crippen LogP contribution is 2.20. The van der Waals surface area contributed by atoms with Crippen LogP contribution < -0.4 is 5.32 Å². The lowest BCUT2D eigenvalue weighted by Gasteiger charge is -2.02. The lowest BCUT2D eigenvalue weighted by molar-refractivity contribution is 0.580. The number of hydrogen-bond donors (Lipinski definition) is 2. The first-order valence-corrected chi connectivity index (χ1v) is 6.27. The maximum atomic E-state index is 5.94. The summed E-state index contributed by atoms with van der Waals surface area (Å²) in [6, 6.07) is 13.4. The zero-order valence-electron chi connectivity index (χ0n) is 10.1. The second kappa shape index (κ2) is 5.20. The first-order valence-electron chi connectivity index (χ1n) is 5.89. The Hall–Kier alpha value is -2.20. The van der Waals surface area contributed by atoms with Crippen molar-refractivity contribution in [1.82, 2.24) is 10.2 Å². The van der Waals surface area contributed by atoms with Crippen LogP contribution in [0, 0.1) is 0 Å². The predicted molar refractivity (Wildman–Crippen MR) is 75.1 cm³/mol. The number of aromatic nitrogens is 2. The number of aromatic amines is 1. The van der Waals surface area contributed by atoms with Crippen molar-refractivity contribution in [3.05, 3.63) is 59.3 Å². The lowest BCUT2D eigenvalue weighted by atomic mass is 10.2. The summed E-state index contributed by atoms with van der Waals surface area (Å²) in [6.07, 6.45) is 1.63. The first-order chi connectivity index (χ1) is 9.31. The molecule has 0 aliphatic carbocycles. The predicted octanol–water partition coefficient (Wildman–Crippen LogP) is 3.94. The number of furan rings is 1. The maximum absolute atomic E-state index is 5.94. The largest absolute Gasteiger partial charge is 0.463 e. The molecule has 0 fully saturated rings. The van der Waals surface area contributed by atoms with Gasteiger partial charge in [-0.2, -0.15) is 5.10 Å². The van der Waals surface area contributed by atoms with Gasteiger partial charge in [-0.25, -0.2) is 0 Å². The smallest absolute Gasteiger partial charge is 0.151 e. The van der Waals surface area contributed by atoms with Crippen LogP contribution in [0.1, 0.15) is 5.56 Å². The van der Waals surface area contributed by atoms with Crippen molar-refractivity contribution in [3.63, 3.8) is 0 Å². The van der Waals surface area contributed by atoms with Crippen LogP contribution in [-0.2, 0) is 6.54 Å². The Morgan fingerprint density at radius 3 is 2.95 bits per heavy atom. The Morgan fingerprint density at radius 2 is 2.16 bits per heavy atom. The zero-order chi connectivity index (χ0) is 13.1. The number of H-pyrrole nitrogens is 1. The van der Waals surface area contributed by atoms with Crippen molar-refractivity contribution in [2.24, 2.45) is 0 Å². The molecular formula is C14H12ClN3O. The number of benzene rings is 1. The molecule has 2 aromatic heterocycles. The van der Waals surface area contributed by atoms with Crippen molar-refractivity contribution >= 4 is 17.4 Å². The highest BCUT2D eigenvalue weighted by molar-refractivity contribution is 6.30. The Balaban J connectivity index is 1.68. The number of anilines is 1. The quantitative estimate of drug-likeness (QED) is 0.757. The summed E-state index contributed by atoms with van der Waals surface area (Å²) < 4.78 is 5.29. The third-order valence-corrected chi connectivity index (χ3v) is 2.96. The van der Waals surface area contributed by atoms with E-state index < -0.39 is 0 Å². The average Bonchev–Trinajstić information content (AvgIpc) is 3.07. The molecule has 5 heteroatoms. The van der Waals surface area contributed by atoms with Crippen LogP contribution in [-0.4, -0.2) is 10.2 Å². The van der Waals surface area contributed by atoms with Crippen molar-refractivity contribution < 1.29 is 4.42 Å². The summed E-state index contributed by atoms with van der Waals surface area (Å²) in [5, 5.41) is 11.1. The molecule has 19 heavy (non-hydrogen) atoms. The fourth-order valence-electron chi connectivity index (χ4n) is 1.81. The normalized spacial score (nSPS) is 10.6. The van der Waals surface area contributed by atoms with Crippen LogP contribution in [0.3, 0.4) is 0 Å². The summed E-state index contributed by atoms with van der Waals surface area (Å²) in [5.74, 6) is 1.54. The molecule has 2 N–H and O–H groups in total. The van der Waals surface area contributed by atoms with Gasteiger partial charge in [0.25, 0.3) is 0 Å². The van der Waals surface area contributed by atoms with Crippen LogP contribution in [0.15, 0.2) is 53.1 Å². The zero-order valence-corrected chi connectivity index (χ0v) is 10.8. The van der Waals surface area contributed by atoms with E-state index in [9.17, 15) is 0 Å². The van der Waals surface area contributed by atoms with E-state index in [4.69, 9.17) is 16.0 Å². The van der Waals surface area contributed by atoms with E-state index in [0.717, 1.165) is 27.9 Å². The number of rotatable bonds is 4. The molecule has 0 atom stereocenters. The van der Waals surface area contributed by atoms with Crippen LogP contribution in [0.5, 0.6) is 0 Å². The van der Waals surface area contributed by atoms with Gasteiger partial charge in [0.1, 0.15) is 11.5 Å². The van der Waals surface area contributed by atoms with E-state index in [2.05, 4.69) is 15.5 Å². The van der Waals surface area contributed by atoms with Gasteiger partial charge in [-0.1, -0.05) is 23.7 Å². The van der Waals surface area contributed by atoms with Gasteiger partial charge in [-0.15, -0.1) is 0 Å². The van der Waals surface area contributed by atoms with E-state index in [0.29, 0.717) is 6.54 Å². The maximum Gasteiger partial charge on any atom is 0.151 e. The molecule has 1 aromatic carbocycles. The average molecular weight is 274 g/mol. The van der Waals surface area contributed by atoms with Crippen LogP contribution >= 0.6 is 11.6 Å². The van der Waals surface area contributed by atoms with Gasteiger partial charge in [0.2, 0.25) is 0 Å². The molecule has 0 radical (unpaired) electrons. The second-order valence-electron chi connectivity index (χ2n) is 4.13. The third kappa shape index (κ3) is 2.80. The Labute approximate surface area is 115 Å². The standard InChI is InChI=1S/C14H12ClN3O/c15-11-4-1-3-10(7-11)9-16-14-8-12(17-18-14)13-5-2-6-19-13/h1-8H,9H2,(H2,16,17,18). The van der Waals surface area contributed by atoms with Gasteiger partial charge < -0.3 is 9.73 Å². The molecule has 0 saturated heterocycles. The number of halogens is 1. The van der Waals surface area contributed by atoms with Gasteiger partial charge in [0.05, 0.1) is 6.26 Å². The highest BCUT2D eigenvalue weighted by atomic mass is 35.5. The number of hydrogen-bond acceptors (Lipinski definition) is 3. The Bertz CT molecular complexity index is 661. The molecule has 96 valence electrons. The first kappa shape index (κ1) is 11.9. The Morgan fingerprint density at radius 1 is 1.21 bits per heavy atom. The SMILES string of the molecule is Clc1cccc(CNc2cc(-c3ccco3)[nH]n2)c1. The molecule has 0 aliphatic heterocycles. The van der Waals surface area contributed by atoms with Gasteiger partial charge >= 0.3 is 0 Å². The summed E-state index contributed by atoms with van der Waals surface area (Å²) in [6.45, 7) is 0.670. The summed E-state index contributed by atoms with van der Waals surface area (Å²) in [5.41, 5.74) is 1.95. The minimum absolute atomic E-state index is 0.670. The minimum atomic E-state index is 0.670. The highest BCUT2D eigenvalue weighted by Gasteiger charge is 2.05. The lowest BCUT2D eigenvalue weighted by Crippen LogP contribution is -1.99. The molecule has 2 heterocycles.